The van der Waals surface area contributed by atoms with E-state index < -0.39 is 11.6 Å². The fourth-order valence-electron chi connectivity index (χ4n) is 4.81. The maximum atomic E-state index is 14.9. The Morgan fingerprint density at radius 3 is 2.26 bits per heavy atom. The summed E-state index contributed by atoms with van der Waals surface area (Å²) in [4.78, 5) is 19.5. The molecule has 2 aromatic heterocycles. The highest BCUT2D eigenvalue weighted by atomic mass is 19.1. The number of ether oxygens (including phenoxy) is 2. The number of rotatable bonds is 6. The smallest absolute Gasteiger partial charge is 0.256 e. The average Bonchev–Trinajstić information content (AvgIpc) is 3.30. The Balaban J connectivity index is 1.37. The second-order valence-corrected chi connectivity index (χ2v) is 9.35. The summed E-state index contributed by atoms with van der Waals surface area (Å²) in [6.07, 6.45) is 1.30. The number of methoxy groups -OCH3 is 2. The third-order valence-corrected chi connectivity index (χ3v) is 6.55. The number of nitrogens with one attached hydrogen (secondary N) is 3. The Hall–Kier alpha value is -4.25. The second kappa shape index (κ2) is 10.3. The molecule has 0 radical (unpaired) electrons. The van der Waals surface area contributed by atoms with Crippen LogP contribution in [0.4, 0.5) is 20.3 Å². The van der Waals surface area contributed by atoms with Crippen molar-refractivity contribution in [3.05, 3.63) is 59.8 Å². The van der Waals surface area contributed by atoms with Gasteiger partial charge in [-0.2, -0.15) is 5.10 Å². The molecular weight excluding hydrogens is 494 g/mol. The van der Waals surface area contributed by atoms with E-state index in [9.17, 15) is 13.6 Å². The van der Waals surface area contributed by atoms with Gasteiger partial charge in [-0.1, -0.05) is 0 Å². The molecule has 0 bridgehead atoms. The molecule has 2 atom stereocenters. The molecule has 1 aliphatic rings. The number of aromatic amines is 1. The van der Waals surface area contributed by atoms with E-state index in [1.54, 1.807) is 12.1 Å². The number of anilines is 2. The van der Waals surface area contributed by atoms with Gasteiger partial charge in [0.1, 0.15) is 5.52 Å². The van der Waals surface area contributed by atoms with Crippen molar-refractivity contribution in [2.75, 3.05) is 37.5 Å². The van der Waals surface area contributed by atoms with Crippen molar-refractivity contribution in [2.45, 2.75) is 25.9 Å². The number of hydrogen-bond acceptors (Lipinski definition) is 7. The predicted octanol–water partition coefficient (Wildman–Crippen LogP) is 4.36. The van der Waals surface area contributed by atoms with Crippen LogP contribution in [-0.4, -0.2) is 60.5 Å². The molecule has 0 spiro atoms. The van der Waals surface area contributed by atoms with Gasteiger partial charge in [-0.25, -0.2) is 13.8 Å². The molecule has 3 heterocycles. The molecule has 0 unspecified atom stereocenters. The zero-order valence-electron chi connectivity index (χ0n) is 21.4. The summed E-state index contributed by atoms with van der Waals surface area (Å²) in [7, 11) is 2.56. The molecule has 9 nitrogen and oxygen atoms in total. The fourth-order valence-corrected chi connectivity index (χ4v) is 4.81. The van der Waals surface area contributed by atoms with E-state index in [-0.39, 0.29) is 34.4 Å². The number of nitrogens with zero attached hydrogens (tertiary/aromatic N) is 3. The van der Waals surface area contributed by atoms with E-state index in [1.807, 2.05) is 12.1 Å². The SMILES string of the molecule is COc1cc(OC)c(F)c(-c2cnc3c(NC(=O)c4ccc(N5C[C@@H](C)N[C@@H](C)C5)cc4)n[nH]c3c2)c1F. The lowest BCUT2D eigenvalue weighted by Gasteiger charge is -2.37. The second-order valence-electron chi connectivity index (χ2n) is 9.35. The first kappa shape index (κ1) is 25.4. The lowest BCUT2D eigenvalue weighted by atomic mass is 10.0. The van der Waals surface area contributed by atoms with Crippen LogP contribution in [0.5, 0.6) is 11.5 Å². The molecule has 0 saturated carbocycles. The summed E-state index contributed by atoms with van der Waals surface area (Å²) >= 11 is 0. The zero-order chi connectivity index (χ0) is 27.0. The van der Waals surface area contributed by atoms with E-state index in [2.05, 4.69) is 44.6 Å². The van der Waals surface area contributed by atoms with Crippen LogP contribution in [-0.2, 0) is 0 Å². The normalized spacial score (nSPS) is 17.5. The summed E-state index contributed by atoms with van der Waals surface area (Å²) in [6, 6.07) is 10.8. The van der Waals surface area contributed by atoms with Gasteiger partial charge < -0.3 is 25.0 Å². The number of hydrogen-bond donors (Lipinski definition) is 3. The van der Waals surface area contributed by atoms with E-state index in [4.69, 9.17) is 9.47 Å². The first-order valence-electron chi connectivity index (χ1n) is 12.2. The van der Waals surface area contributed by atoms with Crippen molar-refractivity contribution < 1.29 is 23.0 Å². The Bertz CT molecular complexity index is 1450. The van der Waals surface area contributed by atoms with Crippen molar-refractivity contribution in [2.24, 2.45) is 0 Å². The highest BCUT2D eigenvalue weighted by Gasteiger charge is 2.24. The number of fused-ring (bicyclic) bond motifs is 1. The summed E-state index contributed by atoms with van der Waals surface area (Å²) in [5.41, 5.74) is 2.05. The van der Waals surface area contributed by atoms with Crippen LogP contribution >= 0.6 is 0 Å². The van der Waals surface area contributed by atoms with Gasteiger partial charge in [-0.15, -0.1) is 0 Å². The molecule has 2 aromatic carbocycles. The first-order chi connectivity index (χ1) is 18.3. The van der Waals surface area contributed by atoms with Crippen molar-refractivity contribution in [3.8, 4) is 22.6 Å². The van der Waals surface area contributed by atoms with Gasteiger partial charge in [0.2, 0.25) is 0 Å². The highest BCUT2D eigenvalue weighted by molar-refractivity contribution is 6.07. The third-order valence-electron chi connectivity index (χ3n) is 6.55. The first-order valence-corrected chi connectivity index (χ1v) is 12.2. The van der Waals surface area contributed by atoms with Gasteiger partial charge in [0.25, 0.3) is 5.91 Å². The Morgan fingerprint density at radius 1 is 1.03 bits per heavy atom. The largest absolute Gasteiger partial charge is 0.494 e. The zero-order valence-corrected chi connectivity index (χ0v) is 21.4. The lowest BCUT2D eigenvalue weighted by molar-refractivity contribution is 0.102. The van der Waals surface area contributed by atoms with Gasteiger partial charge in [0, 0.05) is 54.3 Å². The summed E-state index contributed by atoms with van der Waals surface area (Å²) in [5, 5.41) is 13.2. The topological polar surface area (TPSA) is 104 Å². The molecule has 3 N–H and O–H groups in total. The molecule has 1 amide bonds. The quantitative estimate of drug-likeness (QED) is 0.346. The molecule has 0 aliphatic carbocycles. The minimum Gasteiger partial charge on any atom is -0.494 e. The van der Waals surface area contributed by atoms with Crippen LogP contribution in [0.3, 0.4) is 0 Å². The molecular formula is C27H28F2N6O3. The number of carbonyl (C=O) groups excluding carboxylic acids is 1. The Morgan fingerprint density at radius 2 is 1.66 bits per heavy atom. The van der Waals surface area contributed by atoms with Gasteiger partial charge in [-0.05, 0) is 44.2 Å². The number of amides is 1. The van der Waals surface area contributed by atoms with Crippen LogP contribution in [0.25, 0.3) is 22.2 Å². The van der Waals surface area contributed by atoms with Crippen LogP contribution in [0.2, 0.25) is 0 Å². The van der Waals surface area contributed by atoms with Crippen molar-refractivity contribution in [1.82, 2.24) is 20.5 Å². The fraction of sp³-hybridized carbons (Fsp3) is 0.296. The van der Waals surface area contributed by atoms with Crippen LogP contribution in [0.1, 0.15) is 24.2 Å². The number of halogens is 2. The number of carbonyl (C=O) groups is 1. The van der Waals surface area contributed by atoms with E-state index in [1.165, 1.54) is 26.5 Å². The minimum absolute atomic E-state index is 0.151. The molecule has 5 rings (SSSR count). The summed E-state index contributed by atoms with van der Waals surface area (Å²) in [6.45, 7) is 6.07. The summed E-state index contributed by atoms with van der Waals surface area (Å²) < 4.78 is 39.9. The van der Waals surface area contributed by atoms with E-state index in [0.717, 1.165) is 24.8 Å². The molecule has 38 heavy (non-hydrogen) atoms. The van der Waals surface area contributed by atoms with Gasteiger partial charge in [0.05, 0.1) is 25.3 Å². The minimum atomic E-state index is -0.881. The molecule has 1 aliphatic heterocycles. The number of benzene rings is 2. The third kappa shape index (κ3) is 4.72. The van der Waals surface area contributed by atoms with E-state index in [0.29, 0.717) is 28.7 Å². The molecule has 1 fully saturated rings. The molecule has 11 heteroatoms. The van der Waals surface area contributed by atoms with Crippen molar-refractivity contribution in [1.29, 1.82) is 0 Å². The van der Waals surface area contributed by atoms with Gasteiger partial charge in [-0.3, -0.25) is 9.89 Å². The lowest BCUT2D eigenvalue weighted by Crippen LogP contribution is -2.54. The standard InChI is InChI=1S/C27H28F2N6O3/c1-14-12-35(13-15(2)31-14)18-7-5-16(6-8-18)27(36)32-26-25-19(33-34-26)9-17(11-30-25)22-23(28)20(37-3)10-21(38-4)24(22)29/h5-11,14-15,31H,12-13H2,1-4H3,(H2,32,33,34,36)/t14-,15+. The Labute approximate surface area is 218 Å². The van der Waals surface area contributed by atoms with Gasteiger partial charge >= 0.3 is 0 Å². The summed E-state index contributed by atoms with van der Waals surface area (Å²) in [5.74, 6) is -2.24. The maximum absolute atomic E-state index is 14.9. The monoisotopic (exact) mass is 522 g/mol. The van der Waals surface area contributed by atoms with Crippen molar-refractivity contribution in [3.63, 3.8) is 0 Å². The predicted molar refractivity (Wildman–Crippen MR) is 141 cm³/mol. The molecule has 1 saturated heterocycles. The van der Waals surface area contributed by atoms with Crippen LogP contribution < -0.4 is 25.0 Å². The van der Waals surface area contributed by atoms with E-state index >= 15 is 0 Å². The maximum Gasteiger partial charge on any atom is 0.256 e. The molecule has 198 valence electrons. The van der Waals surface area contributed by atoms with Crippen molar-refractivity contribution >= 4 is 28.4 Å². The Kier molecular flexibility index (Phi) is 6.85. The number of H-pyrrole nitrogens is 1. The number of aromatic nitrogens is 3. The average molecular weight is 523 g/mol. The highest BCUT2D eigenvalue weighted by Crippen LogP contribution is 2.38. The number of pyridine rings is 1. The van der Waals surface area contributed by atoms with Gasteiger partial charge in [0.15, 0.2) is 29.0 Å². The van der Waals surface area contributed by atoms with Crippen LogP contribution in [0, 0.1) is 11.6 Å². The molecule has 4 aromatic rings. The number of piperazine rings is 1. The van der Waals surface area contributed by atoms with Crippen LogP contribution in [0.15, 0.2) is 42.6 Å².